The normalized spacial score (nSPS) is 12.5. The zero-order chi connectivity index (χ0) is 14.4. The smallest absolute Gasteiger partial charge is 0.255 e. The maximum atomic E-state index is 12.0. The number of aromatic hydroxyl groups is 1. The highest BCUT2D eigenvalue weighted by Crippen LogP contribution is 2.21. The van der Waals surface area contributed by atoms with E-state index in [0.717, 1.165) is 19.6 Å². The van der Waals surface area contributed by atoms with Crippen molar-refractivity contribution in [3.63, 3.8) is 0 Å². The largest absolute Gasteiger partial charge is 0.507 e. The van der Waals surface area contributed by atoms with Gasteiger partial charge in [-0.15, -0.1) is 0 Å². The van der Waals surface area contributed by atoms with Gasteiger partial charge in [0.25, 0.3) is 5.91 Å². The Hall–Kier alpha value is -1.26. The zero-order valence-corrected chi connectivity index (χ0v) is 12.4. The molecule has 19 heavy (non-hydrogen) atoms. The minimum absolute atomic E-state index is 0.0162. The van der Waals surface area contributed by atoms with Gasteiger partial charge in [0.1, 0.15) is 5.75 Å². The minimum Gasteiger partial charge on any atom is -0.507 e. The first-order chi connectivity index (χ1) is 8.97. The van der Waals surface area contributed by atoms with Gasteiger partial charge in [0.05, 0.1) is 5.56 Å². The number of amides is 1. The van der Waals surface area contributed by atoms with Crippen molar-refractivity contribution in [2.75, 3.05) is 19.6 Å². The molecule has 0 aliphatic rings. The SMILES string of the molecule is CCN(CC)CC(C)NC(=O)c1ccc(Cl)cc1O. The lowest BCUT2D eigenvalue weighted by atomic mass is 10.1. The highest BCUT2D eigenvalue weighted by atomic mass is 35.5. The Morgan fingerprint density at radius 3 is 2.58 bits per heavy atom. The molecule has 0 spiro atoms. The molecule has 1 amide bonds. The van der Waals surface area contributed by atoms with Crippen LogP contribution in [0.4, 0.5) is 0 Å². The van der Waals surface area contributed by atoms with Crippen LogP contribution in [0.15, 0.2) is 18.2 Å². The molecule has 0 saturated carbocycles. The first-order valence-electron chi connectivity index (χ1n) is 6.49. The van der Waals surface area contributed by atoms with E-state index in [4.69, 9.17) is 11.6 Å². The van der Waals surface area contributed by atoms with Gasteiger partial charge in [0.15, 0.2) is 0 Å². The Balaban J connectivity index is 2.63. The van der Waals surface area contributed by atoms with Crippen LogP contribution in [0.1, 0.15) is 31.1 Å². The Kier molecular flexibility index (Phi) is 6.12. The number of phenols is 1. The van der Waals surface area contributed by atoms with Crippen LogP contribution >= 0.6 is 11.6 Å². The first-order valence-corrected chi connectivity index (χ1v) is 6.87. The van der Waals surface area contributed by atoms with Gasteiger partial charge < -0.3 is 15.3 Å². The van der Waals surface area contributed by atoms with Crippen LogP contribution < -0.4 is 5.32 Å². The third kappa shape index (κ3) is 4.73. The maximum absolute atomic E-state index is 12.0. The summed E-state index contributed by atoms with van der Waals surface area (Å²) in [6.45, 7) is 8.80. The van der Waals surface area contributed by atoms with Gasteiger partial charge >= 0.3 is 0 Å². The molecule has 0 saturated heterocycles. The number of phenolic OH excluding ortho intramolecular Hbond substituents is 1. The second kappa shape index (κ2) is 7.36. The van der Waals surface area contributed by atoms with Crippen molar-refractivity contribution in [1.82, 2.24) is 10.2 Å². The topological polar surface area (TPSA) is 52.6 Å². The number of carbonyl (C=O) groups excluding carboxylic acids is 1. The zero-order valence-electron chi connectivity index (χ0n) is 11.6. The molecule has 1 unspecified atom stereocenters. The Bertz CT molecular complexity index is 433. The third-order valence-corrected chi connectivity index (χ3v) is 3.24. The van der Waals surface area contributed by atoms with Gasteiger partial charge in [-0.25, -0.2) is 0 Å². The van der Waals surface area contributed by atoms with Crippen LogP contribution in [-0.4, -0.2) is 41.6 Å². The van der Waals surface area contributed by atoms with E-state index in [9.17, 15) is 9.90 Å². The molecule has 0 aromatic heterocycles. The Labute approximate surface area is 119 Å². The number of nitrogens with zero attached hydrogens (tertiary/aromatic N) is 1. The molecule has 1 aromatic rings. The predicted octanol–water partition coefficient (Wildman–Crippen LogP) is 2.51. The van der Waals surface area contributed by atoms with E-state index in [2.05, 4.69) is 24.1 Å². The number of halogens is 1. The van der Waals surface area contributed by atoms with Crippen molar-refractivity contribution in [2.45, 2.75) is 26.8 Å². The van der Waals surface area contributed by atoms with Crippen molar-refractivity contribution in [1.29, 1.82) is 0 Å². The molecule has 106 valence electrons. The summed E-state index contributed by atoms with van der Waals surface area (Å²) < 4.78 is 0. The van der Waals surface area contributed by atoms with Crippen LogP contribution in [0.3, 0.4) is 0 Å². The van der Waals surface area contributed by atoms with E-state index in [1.54, 1.807) is 6.07 Å². The molecular weight excluding hydrogens is 264 g/mol. The van der Waals surface area contributed by atoms with Gasteiger partial charge in [-0.3, -0.25) is 4.79 Å². The summed E-state index contributed by atoms with van der Waals surface area (Å²) >= 11 is 5.74. The minimum atomic E-state index is -0.283. The van der Waals surface area contributed by atoms with Crippen molar-refractivity contribution < 1.29 is 9.90 Å². The number of rotatable bonds is 6. The molecule has 0 fully saturated rings. The second-order valence-corrected chi connectivity index (χ2v) is 4.96. The van der Waals surface area contributed by atoms with Crippen molar-refractivity contribution in [3.8, 4) is 5.75 Å². The monoisotopic (exact) mass is 284 g/mol. The molecule has 1 atom stereocenters. The lowest BCUT2D eigenvalue weighted by molar-refractivity contribution is 0.0927. The van der Waals surface area contributed by atoms with Gasteiger partial charge in [-0.05, 0) is 38.2 Å². The average Bonchev–Trinajstić information content (AvgIpc) is 2.35. The summed E-state index contributed by atoms with van der Waals surface area (Å²) in [5.41, 5.74) is 0.246. The van der Waals surface area contributed by atoms with E-state index in [1.165, 1.54) is 12.1 Å². The first kappa shape index (κ1) is 15.8. The molecule has 0 aliphatic heterocycles. The summed E-state index contributed by atoms with van der Waals surface area (Å²) in [6, 6.07) is 4.50. The van der Waals surface area contributed by atoms with Gasteiger partial charge in [-0.1, -0.05) is 25.4 Å². The molecular formula is C14H21ClN2O2. The van der Waals surface area contributed by atoms with Crippen LogP contribution in [0.5, 0.6) is 5.75 Å². The lowest BCUT2D eigenvalue weighted by Crippen LogP contribution is -2.41. The van der Waals surface area contributed by atoms with E-state index < -0.39 is 0 Å². The fourth-order valence-electron chi connectivity index (χ4n) is 1.91. The molecule has 0 radical (unpaired) electrons. The van der Waals surface area contributed by atoms with Crippen molar-refractivity contribution in [2.24, 2.45) is 0 Å². The molecule has 2 N–H and O–H groups in total. The van der Waals surface area contributed by atoms with Gasteiger partial charge in [0, 0.05) is 17.6 Å². The van der Waals surface area contributed by atoms with Crippen LogP contribution in [-0.2, 0) is 0 Å². The van der Waals surface area contributed by atoms with Crippen molar-refractivity contribution in [3.05, 3.63) is 28.8 Å². The highest BCUT2D eigenvalue weighted by molar-refractivity contribution is 6.30. The molecule has 4 nitrogen and oxygen atoms in total. The van der Waals surface area contributed by atoms with E-state index in [-0.39, 0.29) is 23.3 Å². The molecule has 1 rings (SSSR count). The number of likely N-dealkylation sites (N-methyl/N-ethyl adjacent to an activating group) is 1. The maximum Gasteiger partial charge on any atom is 0.255 e. The molecule has 0 heterocycles. The predicted molar refractivity (Wildman–Crippen MR) is 77.8 cm³/mol. The standard InChI is InChI=1S/C14H21ClN2O2/c1-4-17(5-2)9-10(3)16-14(19)12-7-6-11(15)8-13(12)18/h6-8,10,18H,4-5,9H2,1-3H3,(H,16,19). The van der Waals surface area contributed by atoms with E-state index in [1.807, 2.05) is 6.92 Å². The van der Waals surface area contributed by atoms with Gasteiger partial charge in [-0.2, -0.15) is 0 Å². The summed E-state index contributed by atoms with van der Waals surface area (Å²) in [5.74, 6) is -0.381. The van der Waals surface area contributed by atoms with E-state index in [0.29, 0.717) is 5.02 Å². The number of carbonyl (C=O) groups is 1. The second-order valence-electron chi connectivity index (χ2n) is 4.52. The number of nitrogens with one attached hydrogen (secondary N) is 1. The van der Waals surface area contributed by atoms with Crippen LogP contribution in [0, 0.1) is 0 Å². The van der Waals surface area contributed by atoms with Gasteiger partial charge in [0.2, 0.25) is 0 Å². The molecule has 5 heteroatoms. The quantitative estimate of drug-likeness (QED) is 0.844. The highest BCUT2D eigenvalue weighted by Gasteiger charge is 2.15. The summed E-state index contributed by atoms with van der Waals surface area (Å²) in [7, 11) is 0. The summed E-state index contributed by atoms with van der Waals surface area (Å²) in [4.78, 5) is 14.2. The van der Waals surface area contributed by atoms with Crippen LogP contribution in [0.2, 0.25) is 5.02 Å². The Morgan fingerprint density at radius 2 is 2.05 bits per heavy atom. The summed E-state index contributed by atoms with van der Waals surface area (Å²) in [5, 5.41) is 13.0. The van der Waals surface area contributed by atoms with Crippen molar-refractivity contribution >= 4 is 17.5 Å². The molecule has 0 bridgehead atoms. The fraction of sp³-hybridized carbons (Fsp3) is 0.500. The van der Waals surface area contributed by atoms with Crippen LogP contribution in [0.25, 0.3) is 0 Å². The molecule has 1 aromatic carbocycles. The number of benzene rings is 1. The molecule has 0 aliphatic carbocycles. The fourth-order valence-corrected chi connectivity index (χ4v) is 2.08. The lowest BCUT2D eigenvalue weighted by Gasteiger charge is -2.23. The number of hydrogen-bond donors (Lipinski definition) is 2. The number of hydrogen-bond acceptors (Lipinski definition) is 3. The Morgan fingerprint density at radius 1 is 1.42 bits per heavy atom. The average molecular weight is 285 g/mol. The van der Waals surface area contributed by atoms with E-state index >= 15 is 0 Å². The summed E-state index contributed by atoms with van der Waals surface area (Å²) in [6.07, 6.45) is 0. The third-order valence-electron chi connectivity index (χ3n) is 3.01.